The second-order valence-electron chi connectivity index (χ2n) is 28.6. The van der Waals surface area contributed by atoms with E-state index in [-0.39, 0.29) is 109 Å². The summed E-state index contributed by atoms with van der Waals surface area (Å²) in [5.41, 5.74) is 30.2. The number of amides is 14. The number of H-pyrrole nitrogens is 2. The summed E-state index contributed by atoms with van der Waals surface area (Å²) in [7, 11) is 0. The fourth-order valence-electron chi connectivity index (χ4n) is 13.2. The van der Waals surface area contributed by atoms with E-state index in [2.05, 4.69) is 83.7 Å². The van der Waals surface area contributed by atoms with Crippen molar-refractivity contribution in [2.75, 3.05) is 72.4 Å². The third kappa shape index (κ3) is 31.0. The predicted molar refractivity (Wildman–Crippen MR) is 419 cm³/mol. The molecular formula is C75H112N22O20. The number of hydrogen-bond acceptors (Lipinski definition) is 24. The lowest BCUT2D eigenvalue weighted by molar-refractivity contribution is -0.143. The molecule has 0 saturated carbocycles. The molecule has 42 heteroatoms. The van der Waals surface area contributed by atoms with Crippen molar-refractivity contribution >= 4 is 99.6 Å². The molecule has 4 aromatic rings. The molecule has 3 aliphatic heterocycles. The van der Waals surface area contributed by atoms with E-state index in [9.17, 15) is 63.3 Å². The molecule has 0 bridgehead atoms. The highest BCUT2D eigenvalue weighted by molar-refractivity contribution is 6.00. The van der Waals surface area contributed by atoms with Gasteiger partial charge in [-0.15, -0.1) is 0 Å². The minimum Gasteiger partial charge on any atom is -0.396 e. The Morgan fingerprint density at radius 2 is 1.33 bits per heavy atom. The number of ether oxygens (including phenoxy) is 3. The average molecular weight is 1640 g/mol. The van der Waals surface area contributed by atoms with Crippen LogP contribution in [0.1, 0.15) is 114 Å². The lowest BCUT2D eigenvalue weighted by Crippen LogP contribution is -2.61. The average Bonchev–Trinajstić information content (AvgIpc) is 1.68. The van der Waals surface area contributed by atoms with Gasteiger partial charge in [-0.05, 0) is 87.9 Å². The smallest absolute Gasteiger partial charge is 0.246 e. The maximum atomic E-state index is 15.4. The Hall–Kier alpha value is -11.3. The molecule has 7 rings (SSSR count). The summed E-state index contributed by atoms with van der Waals surface area (Å²) in [6.07, 6.45) is 0.797. The Morgan fingerprint density at radius 3 is 2.02 bits per heavy atom. The van der Waals surface area contributed by atoms with Gasteiger partial charge in [0.25, 0.3) is 0 Å². The summed E-state index contributed by atoms with van der Waals surface area (Å²) < 4.78 is 16.3. The molecule has 1 unspecified atom stereocenters. The second kappa shape index (κ2) is 48.3. The van der Waals surface area contributed by atoms with Gasteiger partial charge in [-0.2, -0.15) is 0 Å². The van der Waals surface area contributed by atoms with Crippen molar-refractivity contribution in [2.45, 2.75) is 201 Å². The van der Waals surface area contributed by atoms with Crippen molar-refractivity contribution < 1.29 is 96.7 Å². The SMILES string of the molecule is CCCC[C@H](NC(=O)[C@H](CCO)NC(=O)[C@H](Cc1cnc[nH]1)NC(=O)[C@H](CCC(N)=O)NC(=O)[C@H](CO)NC(=O)CNC(=O)COCCOCCN)C(=O)N[C@H]1CC[C@H]2OC2NCCCC[C@@H](C(N)=O)NC(=O)[C@H](Cc2c[nH]c3ccccc23)NC(=O)[C@H](CCCN=C(N)N)NC(=O)[C@@H](Cc2ccccc2)NC(=O)[C@@H]2C[C@@H](O)CN2C1=O. The first-order valence-corrected chi connectivity index (χ1v) is 39.1. The van der Waals surface area contributed by atoms with Crippen LogP contribution in [0.5, 0.6) is 0 Å². The number of nitrogens with one attached hydrogen (secondary N) is 14. The second-order valence-corrected chi connectivity index (χ2v) is 28.6. The van der Waals surface area contributed by atoms with E-state index in [0.717, 1.165) is 15.8 Å². The Bertz CT molecular complexity index is 4000. The molecular weight excluding hydrogens is 1530 g/mol. The van der Waals surface area contributed by atoms with Crippen LogP contribution in [0.4, 0.5) is 0 Å². The fraction of sp³-hybridized carbons (Fsp3) is 0.573. The Labute approximate surface area is 674 Å². The maximum absolute atomic E-state index is 15.4. The third-order valence-corrected chi connectivity index (χ3v) is 19.6. The molecule has 0 aliphatic carbocycles. The van der Waals surface area contributed by atoms with Gasteiger partial charge in [0.1, 0.15) is 79.3 Å². The van der Waals surface area contributed by atoms with E-state index in [1.807, 2.05) is 18.2 Å². The van der Waals surface area contributed by atoms with Crippen LogP contribution in [0.2, 0.25) is 0 Å². The van der Waals surface area contributed by atoms with Crippen LogP contribution in [-0.4, -0.2) is 281 Å². The Kier molecular flexibility index (Phi) is 38.3. The highest BCUT2D eigenvalue weighted by atomic mass is 16.6. The number of fused-ring (bicyclic) bond motifs is 3. The van der Waals surface area contributed by atoms with Crippen LogP contribution in [0.25, 0.3) is 10.9 Å². The lowest BCUT2D eigenvalue weighted by Gasteiger charge is -2.31. The van der Waals surface area contributed by atoms with Crippen molar-refractivity contribution in [3.05, 3.63) is 90.1 Å². The van der Waals surface area contributed by atoms with Gasteiger partial charge in [-0.3, -0.25) is 77.4 Å². The van der Waals surface area contributed by atoms with E-state index in [1.165, 1.54) is 12.5 Å². The number of aliphatic hydroxyl groups is 3. The van der Waals surface area contributed by atoms with Crippen LogP contribution in [0, 0.1) is 0 Å². The molecule has 2 aromatic heterocycles. The molecule has 27 N–H and O–H groups in total. The highest BCUT2D eigenvalue weighted by Crippen LogP contribution is 2.28. The molecule has 14 atom stereocenters. The van der Waals surface area contributed by atoms with Gasteiger partial charge >= 0.3 is 0 Å². The maximum Gasteiger partial charge on any atom is 0.246 e. The van der Waals surface area contributed by atoms with Crippen molar-refractivity contribution in [3.63, 3.8) is 0 Å². The zero-order valence-electron chi connectivity index (χ0n) is 65.3. The van der Waals surface area contributed by atoms with E-state index in [1.54, 1.807) is 49.5 Å². The van der Waals surface area contributed by atoms with Gasteiger partial charge < -0.3 is 132 Å². The minimum absolute atomic E-state index is 0.00244. The van der Waals surface area contributed by atoms with E-state index >= 15 is 19.2 Å². The molecule has 117 heavy (non-hydrogen) atoms. The number of benzene rings is 2. The van der Waals surface area contributed by atoms with Gasteiger partial charge in [0.2, 0.25) is 82.7 Å². The van der Waals surface area contributed by atoms with Crippen LogP contribution >= 0.6 is 0 Å². The number of primary amides is 2. The number of imidazole rings is 1. The monoisotopic (exact) mass is 1640 g/mol. The summed E-state index contributed by atoms with van der Waals surface area (Å²) >= 11 is 0. The number of carbonyl (C=O) groups is 14. The summed E-state index contributed by atoms with van der Waals surface area (Å²) in [5, 5.41) is 64.3. The predicted octanol–water partition coefficient (Wildman–Crippen LogP) is -7.52. The number of rotatable bonds is 40. The number of aliphatic hydroxyl groups excluding tert-OH is 3. The van der Waals surface area contributed by atoms with Gasteiger partial charge in [-0.1, -0.05) is 68.3 Å². The van der Waals surface area contributed by atoms with Crippen molar-refractivity contribution in [1.82, 2.24) is 83.7 Å². The van der Waals surface area contributed by atoms with Gasteiger partial charge in [0.05, 0.1) is 51.5 Å². The summed E-state index contributed by atoms with van der Waals surface area (Å²) in [6.45, 7) is -0.415. The normalized spacial score (nSPS) is 21.6. The first kappa shape index (κ1) is 92.9. The highest BCUT2D eigenvalue weighted by Gasteiger charge is 2.46. The van der Waals surface area contributed by atoms with Gasteiger partial charge in [0.15, 0.2) is 5.96 Å². The molecule has 5 heterocycles. The van der Waals surface area contributed by atoms with Gasteiger partial charge in [0, 0.05) is 87.3 Å². The Balaban J connectivity index is 1.12. The quantitative estimate of drug-likeness (QED) is 0.00851. The van der Waals surface area contributed by atoms with Crippen LogP contribution in [0.15, 0.2) is 78.3 Å². The lowest BCUT2D eigenvalue weighted by atomic mass is 10.0. The molecule has 642 valence electrons. The number of aliphatic imine (C=N–C) groups is 1. The fourth-order valence-corrected chi connectivity index (χ4v) is 13.2. The Morgan fingerprint density at radius 1 is 0.684 bits per heavy atom. The third-order valence-electron chi connectivity index (χ3n) is 19.6. The number of aromatic nitrogens is 3. The van der Waals surface area contributed by atoms with E-state index < -0.39 is 220 Å². The standard InChI is InChI=1S/C75H112N22O20/c1-2-3-15-49(89-67(108)52(23-27-98)92-70(111)56(33-44-36-81-41-86-44)95-66(107)51(20-22-60(77)101)91-71(112)57(39-99)87-61(102)37-85-62(103)40-116-30-29-115-28-24-76)64(105)93-53-19-21-59-73(117-59)82-25-10-9-17-48(63(78)104)88-69(110)55(32-43-35-84-47-16-8-7-14-46(43)47)94-65(106)50(18-11-26-83-75(79)80)90-68(109)54(31-42-12-5-4-6-13-42)96-72(113)58-34-45(100)38-97(58)74(53)114/h4-8,12-14,16,35-36,41,45,48-59,73,82,84,98-100H,2-3,9-11,15,17-34,37-40,76H2,1H3,(H2,77,101)(H2,78,104)(H,81,86)(H,85,103)(H,87,102)(H,88,110)(H,89,108)(H,90,109)(H,91,112)(H,92,111)(H,93,105)(H,94,106)(H,95,107)(H,96,113)(H4,79,80,83)/t45-,48+,49+,50+,51+,52+,53+,54-,55+,56+,57+,58+,59-,73?/m1/s1. The van der Waals surface area contributed by atoms with Gasteiger partial charge in [-0.25, -0.2) is 4.98 Å². The molecule has 0 spiro atoms. The number of epoxide rings is 1. The first-order chi connectivity index (χ1) is 56.2. The zero-order valence-corrected chi connectivity index (χ0v) is 65.3. The van der Waals surface area contributed by atoms with Crippen LogP contribution < -0.4 is 92.5 Å². The molecule has 3 aliphatic rings. The number of aromatic amines is 2. The number of para-hydroxylation sites is 1. The largest absolute Gasteiger partial charge is 0.396 e. The van der Waals surface area contributed by atoms with E-state index in [4.69, 9.17) is 42.9 Å². The number of nitrogens with two attached hydrogens (primary N) is 5. The first-order valence-electron chi connectivity index (χ1n) is 39.1. The van der Waals surface area contributed by atoms with E-state index in [0.29, 0.717) is 43.4 Å². The number of unbranched alkanes of at least 4 members (excludes halogenated alkanes) is 1. The van der Waals surface area contributed by atoms with Crippen molar-refractivity contribution in [1.29, 1.82) is 0 Å². The number of carbonyl (C=O) groups excluding carboxylic acids is 14. The number of guanidine groups is 1. The molecule has 3 saturated heterocycles. The minimum atomic E-state index is -1.73. The van der Waals surface area contributed by atoms with Crippen molar-refractivity contribution in [2.24, 2.45) is 33.7 Å². The molecule has 14 amide bonds. The van der Waals surface area contributed by atoms with Crippen LogP contribution in [0.3, 0.4) is 0 Å². The molecule has 42 nitrogen and oxygen atoms in total. The molecule has 2 aromatic carbocycles. The topological polar surface area (TPSA) is 665 Å². The molecule has 0 radical (unpaired) electrons. The summed E-state index contributed by atoms with van der Waals surface area (Å²) in [4.78, 5) is 212. The number of nitrogens with zero attached hydrogens (tertiary/aromatic N) is 3. The number of hydrogen-bond donors (Lipinski definition) is 22. The summed E-state index contributed by atoms with van der Waals surface area (Å²) in [6, 6.07) is -0.974. The zero-order chi connectivity index (χ0) is 84.9. The summed E-state index contributed by atoms with van der Waals surface area (Å²) in [5.74, 6) is -13.2. The van der Waals surface area contributed by atoms with Crippen molar-refractivity contribution in [3.8, 4) is 0 Å². The molecule has 3 fully saturated rings. The van der Waals surface area contributed by atoms with Crippen LogP contribution in [-0.2, 0) is 101 Å².